The van der Waals surface area contributed by atoms with Gasteiger partial charge in [0.1, 0.15) is 0 Å². The molecule has 1 aliphatic carbocycles. The summed E-state index contributed by atoms with van der Waals surface area (Å²) in [6, 6.07) is 4.83. The Morgan fingerprint density at radius 3 is 2.79 bits per heavy atom. The molecular weight excluding hydrogens is 328 g/mol. The Kier molecular flexibility index (Phi) is 5.08. The Bertz CT molecular complexity index is 677. The lowest BCUT2D eigenvalue weighted by molar-refractivity contribution is -0.142. The van der Waals surface area contributed by atoms with Crippen molar-refractivity contribution in [1.29, 1.82) is 0 Å². The van der Waals surface area contributed by atoms with Gasteiger partial charge >= 0.3 is 5.97 Å². The zero-order valence-corrected chi connectivity index (χ0v) is 14.0. The molecule has 2 amide bonds. The molecule has 1 heterocycles. The van der Waals surface area contributed by atoms with Crippen LogP contribution < -0.4 is 10.6 Å². The molecule has 1 aromatic carbocycles. The number of nitrogens with one attached hydrogen (secondary N) is 2. The number of carboxylic acid groups (broad SMARTS) is 1. The smallest absolute Gasteiger partial charge is 0.308 e. The summed E-state index contributed by atoms with van der Waals surface area (Å²) < 4.78 is 0. The van der Waals surface area contributed by atoms with E-state index in [1.807, 2.05) is 6.07 Å². The van der Waals surface area contributed by atoms with Crippen LogP contribution in [0.3, 0.4) is 0 Å². The van der Waals surface area contributed by atoms with Crippen molar-refractivity contribution in [2.24, 2.45) is 5.92 Å². The van der Waals surface area contributed by atoms with E-state index in [-0.39, 0.29) is 17.9 Å². The Hall–Kier alpha value is -2.02. The van der Waals surface area contributed by atoms with Crippen molar-refractivity contribution in [3.8, 4) is 0 Å². The Balaban J connectivity index is 1.75. The number of amides is 2. The third kappa shape index (κ3) is 3.72. The highest BCUT2D eigenvalue weighted by molar-refractivity contribution is 8.00. The van der Waals surface area contributed by atoms with E-state index in [1.165, 1.54) is 11.8 Å². The SMILES string of the molecule is O=C1CSc2ccc(C(=O)N[C@H]3CCCCC[C@H]3C(=O)O)cc2N1. The van der Waals surface area contributed by atoms with Gasteiger partial charge in [0.15, 0.2) is 0 Å². The molecule has 1 aromatic rings. The first-order valence-electron chi connectivity index (χ1n) is 8.15. The summed E-state index contributed by atoms with van der Waals surface area (Å²) in [6.45, 7) is 0. The van der Waals surface area contributed by atoms with E-state index in [4.69, 9.17) is 0 Å². The lowest BCUT2D eigenvalue weighted by Crippen LogP contribution is -2.42. The van der Waals surface area contributed by atoms with Crippen LogP contribution in [0.1, 0.15) is 42.5 Å². The van der Waals surface area contributed by atoms with E-state index in [9.17, 15) is 19.5 Å². The van der Waals surface area contributed by atoms with Crippen LogP contribution in [0.25, 0.3) is 0 Å². The van der Waals surface area contributed by atoms with Gasteiger partial charge in [-0.05, 0) is 31.0 Å². The highest BCUT2D eigenvalue weighted by Gasteiger charge is 2.31. The lowest BCUT2D eigenvalue weighted by atomic mass is 9.94. The second-order valence-corrected chi connectivity index (χ2v) is 7.23. The van der Waals surface area contributed by atoms with Crippen molar-refractivity contribution in [3.05, 3.63) is 23.8 Å². The zero-order valence-electron chi connectivity index (χ0n) is 13.2. The quantitative estimate of drug-likeness (QED) is 0.730. The Morgan fingerprint density at radius 1 is 1.21 bits per heavy atom. The van der Waals surface area contributed by atoms with Crippen LogP contribution in [-0.2, 0) is 9.59 Å². The van der Waals surface area contributed by atoms with Crippen LogP contribution >= 0.6 is 11.8 Å². The fourth-order valence-corrected chi connectivity index (χ4v) is 4.04. The van der Waals surface area contributed by atoms with Gasteiger partial charge in [0.2, 0.25) is 5.91 Å². The molecule has 0 bridgehead atoms. The van der Waals surface area contributed by atoms with Gasteiger partial charge in [-0.15, -0.1) is 11.8 Å². The van der Waals surface area contributed by atoms with Crippen LogP contribution in [0.5, 0.6) is 0 Å². The van der Waals surface area contributed by atoms with Crippen LogP contribution in [0.4, 0.5) is 5.69 Å². The van der Waals surface area contributed by atoms with Crippen LogP contribution in [-0.4, -0.2) is 34.7 Å². The zero-order chi connectivity index (χ0) is 17.1. The van der Waals surface area contributed by atoms with Gasteiger partial charge < -0.3 is 15.7 Å². The van der Waals surface area contributed by atoms with Gasteiger partial charge in [0.05, 0.1) is 17.4 Å². The summed E-state index contributed by atoms with van der Waals surface area (Å²) in [6.07, 6.45) is 4.08. The fraction of sp³-hybridized carbons (Fsp3) is 0.471. The van der Waals surface area contributed by atoms with Crippen molar-refractivity contribution < 1.29 is 19.5 Å². The highest BCUT2D eigenvalue weighted by Crippen LogP contribution is 2.32. The molecule has 1 fully saturated rings. The van der Waals surface area contributed by atoms with E-state index < -0.39 is 11.9 Å². The van der Waals surface area contributed by atoms with E-state index in [0.29, 0.717) is 29.8 Å². The van der Waals surface area contributed by atoms with Gasteiger partial charge in [-0.3, -0.25) is 14.4 Å². The summed E-state index contributed by atoms with van der Waals surface area (Å²) in [5.74, 6) is -1.39. The van der Waals surface area contributed by atoms with Gasteiger partial charge in [0, 0.05) is 16.5 Å². The molecule has 2 aliphatic rings. The van der Waals surface area contributed by atoms with Gasteiger partial charge in [-0.1, -0.05) is 19.3 Å². The van der Waals surface area contributed by atoms with Crippen molar-refractivity contribution >= 4 is 35.2 Å². The first-order chi connectivity index (χ1) is 11.5. The number of rotatable bonds is 3. The molecule has 3 rings (SSSR count). The third-order valence-corrected chi connectivity index (χ3v) is 5.60. The maximum Gasteiger partial charge on any atom is 0.308 e. The highest BCUT2D eigenvalue weighted by atomic mass is 32.2. The Morgan fingerprint density at radius 2 is 2.00 bits per heavy atom. The molecule has 0 spiro atoms. The molecule has 1 aliphatic heterocycles. The number of hydrogen-bond acceptors (Lipinski definition) is 4. The number of carbonyl (C=O) groups excluding carboxylic acids is 2. The average molecular weight is 348 g/mol. The number of thioether (sulfide) groups is 1. The minimum atomic E-state index is -0.851. The number of benzene rings is 1. The van der Waals surface area contributed by atoms with E-state index in [1.54, 1.807) is 12.1 Å². The van der Waals surface area contributed by atoms with Crippen LogP contribution in [0, 0.1) is 5.92 Å². The fourth-order valence-electron chi connectivity index (χ4n) is 3.25. The third-order valence-electron chi connectivity index (χ3n) is 4.52. The number of anilines is 1. The summed E-state index contributed by atoms with van der Waals surface area (Å²) in [5.41, 5.74) is 1.07. The molecule has 3 N–H and O–H groups in total. The van der Waals surface area contributed by atoms with Gasteiger partial charge in [-0.2, -0.15) is 0 Å². The first kappa shape index (κ1) is 16.8. The molecule has 1 saturated carbocycles. The van der Waals surface area contributed by atoms with E-state index >= 15 is 0 Å². The molecule has 0 unspecified atom stereocenters. The Labute approximate surface area is 144 Å². The van der Waals surface area contributed by atoms with Crippen LogP contribution in [0.2, 0.25) is 0 Å². The van der Waals surface area contributed by atoms with Crippen molar-refractivity contribution in [1.82, 2.24) is 5.32 Å². The van der Waals surface area contributed by atoms with Crippen molar-refractivity contribution in [3.63, 3.8) is 0 Å². The largest absolute Gasteiger partial charge is 0.481 e. The average Bonchev–Trinajstić information content (AvgIpc) is 2.79. The molecule has 0 aromatic heterocycles. The number of carboxylic acids is 1. The molecular formula is C17H20N2O4S. The minimum absolute atomic E-state index is 0.0835. The summed E-state index contributed by atoms with van der Waals surface area (Å²) in [7, 11) is 0. The van der Waals surface area contributed by atoms with Crippen LogP contribution in [0.15, 0.2) is 23.1 Å². The van der Waals surface area contributed by atoms with E-state index in [0.717, 1.165) is 24.2 Å². The van der Waals surface area contributed by atoms with Gasteiger partial charge in [0.25, 0.3) is 5.91 Å². The molecule has 0 radical (unpaired) electrons. The predicted molar refractivity (Wildman–Crippen MR) is 91.3 cm³/mol. The summed E-state index contributed by atoms with van der Waals surface area (Å²) >= 11 is 1.44. The predicted octanol–water partition coefficient (Wildman–Crippen LogP) is 2.49. The first-order valence-corrected chi connectivity index (χ1v) is 9.13. The standard InChI is InChI=1S/C17H20N2O4S/c20-15-9-24-14-7-6-10(8-13(14)18-15)16(21)19-12-5-3-1-2-4-11(12)17(22)23/h6-8,11-12H,1-5,9H2,(H,18,20)(H,19,21)(H,22,23)/t11-,12+/m1/s1. The number of carbonyl (C=O) groups is 3. The topological polar surface area (TPSA) is 95.5 Å². The maximum absolute atomic E-state index is 12.5. The summed E-state index contributed by atoms with van der Waals surface area (Å²) in [5, 5.41) is 15.1. The lowest BCUT2D eigenvalue weighted by Gasteiger charge is -2.23. The molecule has 128 valence electrons. The van der Waals surface area contributed by atoms with Gasteiger partial charge in [-0.25, -0.2) is 0 Å². The molecule has 2 atom stereocenters. The molecule has 0 saturated heterocycles. The minimum Gasteiger partial charge on any atom is -0.481 e. The second kappa shape index (κ2) is 7.25. The molecule has 6 nitrogen and oxygen atoms in total. The number of aliphatic carboxylic acids is 1. The second-order valence-electron chi connectivity index (χ2n) is 6.21. The molecule has 24 heavy (non-hydrogen) atoms. The maximum atomic E-state index is 12.5. The van der Waals surface area contributed by atoms with Crippen molar-refractivity contribution in [2.45, 2.75) is 43.0 Å². The van der Waals surface area contributed by atoms with E-state index in [2.05, 4.69) is 10.6 Å². The van der Waals surface area contributed by atoms with Crippen molar-refractivity contribution in [2.75, 3.05) is 11.1 Å². The normalized spacial score (nSPS) is 23.6. The number of hydrogen-bond donors (Lipinski definition) is 3. The number of fused-ring (bicyclic) bond motifs is 1. The summed E-state index contributed by atoms with van der Waals surface area (Å²) in [4.78, 5) is 36.4. The monoisotopic (exact) mass is 348 g/mol. The molecule has 7 heteroatoms.